The molecule has 7 nitrogen and oxygen atoms in total. The maximum atomic E-state index is 13.5. The molecule has 36 heavy (non-hydrogen) atoms. The lowest BCUT2D eigenvalue weighted by molar-refractivity contribution is 0.622. The molecule has 6 aromatic rings. The predicted octanol–water partition coefficient (Wildman–Crippen LogP) is 5.94. The van der Waals surface area contributed by atoms with Gasteiger partial charge in [0.1, 0.15) is 11.3 Å². The van der Waals surface area contributed by atoms with Crippen molar-refractivity contribution in [2.24, 2.45) is 17.1 Å². The van der Waals surface area contributed by atoms with Gasteiger partial charge in [0.05, 0.1) is 17.6 Å². The number of hydrogen-bond donors (Lipinski definition) is 0. The van der Waals surface area contributed by atoms with E-state index in [0.717, 1.165) is 32.9 Å². The Balaban J connectivity index is 1.55. The number of benzene rings is 2. The Morgan fingerprint density at radius 3 is 2.56 bits per heavy atom. The fourth-order valence-corrected chi connectivity index (χ4v) is 5.43. The Kier molecular flexibility index (Phi) is 5.63. The summed E-state index contributed by atoms with van der Waals surface area (Å²) in [6, 6.07) is 23.4. The van der Waals surface area contributed by atoms with Crippen molar-refractivity contribution in [2.45, 2.75) is 6.92 Å². The Labute approximate surface area is 214 Å². The van der Waals surface area contributed by atoms with Gasteiger partial charge in [-0.05, 0) is 42.6 Å². The van der Waals surface area contributed by atoms with Gasteiger partial charge in [-0.1, -0.05) is 42.5 Å². The summed E-state index contributed by atoms with van der Waals surface area (Å²) < 4.78 is 11.3. The SMILES string of the molecule is Cc1c(N=c2scc(-c3cc4ccccc4o3)n2N=Cc2cccs2)c(=O)n(-c2ccccc2)n1C. The first-order chi connectivity index (χ1) is 17.6. The first-order valence-corrected chi connectivity index (χ1v) is 13.0. The number of furan rings is 1. The molecule has 0 bridgehead atoms. The number of fused-ring (bicyclic) bond motifs is 1. The highest BCUT2D eigenvalue weighted by atomic mass is 32.1. The maximum absolute atomic E-state index is 13.5. The van der Waals surface area contributed by atoms with Gasteiger partial charge in [0.25, 0.3) is 5.56 Å². The summed E-state index contributed by atoms with van der Waals surface area (Å²) in [5.74, 6) is 0.684. The molecule has 0 aliphatic rings. The summed E-state index contributed by atoms with van der Waals surface area (Å²) in [6.07, 6.45) is 1.79. The van der Waals surface area contributed by atoms with Gasteiger partial charge in [-0.3, -0.25) is 9.48 Å². The Hall–Kier alpha value is -4.21. The minimum absolute atomic E-state index is 0.186. The third-order valence-corrected chi connectivity index (χ3v) is 7.56. The first-order valence-electron chi connectivity index (χ1n) is 11.3. The summed E-state index contributed by atoms with van der Waals surface area (Å²) in [4.78, 5) is 19.9. The fourth-order valence-electron chi connectivity index (χ4n) is 4.03. The third kappa shape index (κ3) is 3.88. The molecule has 9 heteroatoms. The van der Waals surface area contributed by atoms with Crippen molar-refractivity contribution in [1.29, 1.82) is 0 Å². The van der Waals surface area contributed by atoms with Crippen LogP contribution in [0.15, 0.2) is 103 Å². The van der Waals surface area contributed by atoms with Crippen LogP contribution in [0, 0.1) is 6.92 Å². The normalized spacial score (nSPS) is 12.3. The van der Waals surface area contributed by atoms with Crippen LogP contribution in [0.4, 0.5) is 5.69 Å². The Bertz CT molecular complexity index is 1800. The zero-order valence-corrected chi connectivity index (χ0v) is 21.2. The van der Waals surface area contributed by atoms with Gasteiger partial charge in [-0.15, -0.1) is 22.7 Å². The van der Waals surface area contributed by atoms with E-state index < -0.39 is 0 Å². The number of para-hydroxylation sites is 2. The molecule has 0 aliphatic heterocycles. The van der Waals surface area contributed by atoms with Crippen molar-refractivity contribution in [3.8, 4) is 17.1 Å². The fraction of sp³-hybridized carbons (Fsp3) is 0.0741. The summed E-state index contributed by atoms with van der Waals surface area (Å²) in [7, 11) is 1.86. The predicted molar refractivity (Wildman–Crippen MR) is 146 cm³/mol. The molecule has 2 aromatic carbocycles. The lowest BCUT2D eigenvalue weighted by Crippen LogP contribution is -2.19. The molecule has 0 fully saturated rings. The van der Waals surface area contributed by atoms with Crippen LogP contribution in [0.2, 0.25) is 0 Å². The number of nitrogens with zero attached hydrogens (tertiary/aromatic N) is 5. The second-order valence-electron chi connectivity index (χ2n) is 8.15. The Morgan fingerprint density at radius 1 is 0.972 bits per heavy atom. The molecule has 6 rings (SSSR count). The molecular formula is C27H21N5O2S2. The van der Waals surface area contributed by atoms with Gasteiger partial charge in [0, 0.05) is 22.7 Å². The average molecular weight is 512 g/mol. The van der Waals surface area contributed by atoms with Crippen LogP contribution in [0.25, 0.3) is 28.1 Å². The van der Waals surface area contributed by atoms with E-state index >= 15 is 0 Å². The minimum Gasteiger partial charge on any atom is -0.454 e. The van der Waals surface area contributed by atoms with Gasteiger partial charge in [0.15, 0.2) is 11.4 Å². The van der Waals surface area contributed by atoms with Gasteiger partial charge in [-0.25, -0.2) is 14.4 Å². The molecule has 0 N–H and O–H groups in total. The smallest absolute Gasteiger partial charge is 0.297 e. The highest BCUT2D eigenvalue weighted by Crippen LogP contribution is 2.28. The lowest BCUT2D eigenvalue weighted by Gasteiger charge is -2.07. The number of thiophene rings is 1. The molecule has 4 aromatic heterocycles. The van der Waals surface area contributed by atoms with Crippen LogP contribution in [-0.4, -0.2) is 20.3 Å². The summed E-state index contributed by atoms with van der Waals surface area (Å²) in [5.41, 5.74) is 3.30. The average Bonchev–Trinajstić information content (AvgIpc) is 3.68. The van der Waals surface area contributed by atoms with E-state index in [4.69, 9.17) is 14.5 Å². The molecule has 4 heterocycles. The zero-order chi connectivity index (χ0) is 24.6. The van der Waals surface area contributed by atoms with Gasteiger partial charge in [0.2, 0.25) is 4.80 Å². The van der Waals surface area contributed by atoms with Crippen molar-refractivity contribution in [2.75, 3.05) is 0 Å². The molecular weight excluding hydrogens is 490 g/mol. The van der Waals surface area contributed by atoms with Crippen LogP contribution < -0.4 is 10.4 Å². The van der Waals surface area contributed by atoms with Gasteiger partial charge in [-0.2, -0.15) is 5.10 Å². The van der Waals surface area contributed by atoms with E-state index in [0.29, 0.717) is 16.2 Å². The van der Waals surface area contributed by atoms with Crippen molar-refractivity contribution >= 4 is 45.5 Å². The first kappa shape index (κ1) is 22.3. The van der Waals surface area contributed by atoms with Crippen LogP contribution in [-0.2, 0) is 7.05 Å². The highest BCUT2D eigenvalue weighted by Gasteiger charge is 2.18. The Morgan fingerprint density at radius 2 is 1.78 bits per heavy atom. The van der Waals surface area contributed by atoms with Crippen LogP contribution in [0.3, 0.4) is 0 Å². The van der Waals surface area contributed by atoms with E-state index in [9.17, 15) is 4.79 Å². The van der Waals surface area contributed by atoms with Gasteiger partial charge >= 0.3 is 0 Å². The van der Waals surface area contributed by atoms with E-state index in [2.05, 4.69) is 0 Å². The number of hydrogen-bond acceptors (Lipinski definition) is 6. The van der Waals surface area contributed by atoms with E-state index in [1.165, 1.54) is 11.3 Å². The molecule has 0 saturated heterocycles. The molecule has 0 spiro atoms. The topological polar surface area (TPSA) is 69.7 Å². The summed E-state index contributed by atoms with van der Waals surface area (Å²) in [5, 5.41) is 9.71. The zero-order valence-electron chi connectivity index (χ0n) is 19.5. The number of aromatic nitrogens is 3. The molecule has 0 unspecified atom stereocenters. The van der Waals surface area contributed by atoms with Crippen LogP contribution in [0.5, 0.6) is 0 Å². The summed E-state index contributed by atoms with van der Waals surface area (Å²) in [6.45, 7) is 1.90. The monoisotopic (exact) mass is 511 g/mol. The number of thiazole rings is 1. The molecule has 0 amide bonds. The quantitative estimate of drug-likeness (QED) is 0.269. The maximum Gasteiger partial charge on any atom is 0.297 e. The van der Waals surface area contributed by atoms with Gasteiger partial charge < -0.3 is 4.42 Å². The van der Waals surface area contributed by atoms with Crippen molar-refractivity contribution < 1.29 is 4.42 Å². The third-order valence-electron chi connectivity index (χ3n) is 5.94. The molecule has 0 saturated carbocycles. The second kappa shape index (κ2) is 9.10. The molecule has 0 aliphatic carbocycles. The van der Waals surface area contributed by atoms with E-state index in [1.54, 1.807) is 26.9 Å². The van der Waals surface area contributed by atoms with E-state index in [1.807, 2.05) is 102 Å². The lowest BCUT2D eigenvalue weighted by atomic mass is 10.2. The molecule has 178 valence electrons. The van der Waals surface area contributed by atoms with Crippen LogP contribution >= 0.6 is 22.7 Å². The minimum atomic E-state index is -0.186. The van der Waals surface area contributed by atoms with Crippen molar-refractivity contribution in [1.82, 2.24) is 14.0 Å². The molecule has 0 radical (unpaired) electrons. The molecule has 0 atom stereocenters. The van der Waals surface area contributed by atoms with Crippen molar-refractivity contribution in [3.05, 3.63) is 109 Å². The standard InChI is InChI=1S/C27H21N5O2S2/c1-18-25(26(33)32(30(18)2)20-10-4-3-5-11-20)29-27-31(28-16-21-12-8-14-35-21)22(17-36-27)24-15-19-9-6-7-13-23(19)34-24/h3-17H,1-2H3. The second-order valence-corrected chi connectivity index (χ2v) is 9.96. The van der Waals surface area contributed by atoms with Crippen LogP contribution in [0.1, 0.15) is 10.6 Å². The largest absolute Gasteiger partial charge is 0.454 e. The van der Waals surface area contributed by atoms with Crippen molar-refractivity contribution in [3.63, 3.8) is 0 Å². The van der Waals surface area contributed by atoms with E-state index in [-0.39, 0.29) is 5.56 Å². The summed E-state index contributed by atoms with van der Waals surface area (Å²) >= 11 is 3.01. The number of rotatable bonds is 5. The highest BCUT2D eigenvalue weighted by molar-refractivity contribution is 7.11.